The number of halogens is 5. The maximum absolute atomic E-state index is 14.4. The Morgan fingerprint density at radius 2 is 1.77 bits per heavy atom. The average Bonchev–Trinajstić information content (AvgIpc) is 2.47. The Morgan fingerprint density at radius 3 is 2.36 bits per heavy atom. The van der Waals surface area contributed by atoms with Gasteiger partial charge in [-0.2, -0.15) is 0 Å². The van der Waals surface area contributed by atoms with E-state index in [0.717, 1.165) is 5.56 Å². The van der Waals surface area contributed by atoms with Crippen LogP contribution in [0.1, 0.15) is 15.9 Å². The van der Waals surface area contributed by atoms with Crippen molar-refractivity contribution in [3.8, 4) is 5.75 Å². The zero-order valence-corrected chi connectivity index (χ0v) is 14.1. The fourth-order valence-corrected chi connectivity index (χ4v) is 3.19. The molecule has 0 fully saturated rings. The molecule has 2 aromatic carbocycles. The second-order valence-electron chi connectivity index (χ2n) is 4.30. The Morgan fingerprint density at radius 1 is 1.14 bits per heavy atom. The van der Waals surface area contributed by atoms with Crippen LogP contribution in [-0.4, -0.2) is 12.2 Å². The molecule has 22 heavy (non-hydrogen) atoms. The molecule has 0 saturated heterocycles. The number of alkyl halides is 2. The summed E-state index contributed by atoms with van der Waals surface area (Å²) < 4.78 is 45.0. The SMILES string of the molecule is O=C(c1c(Br)cc(Br)c(OCc2ccccc2)c1F)C(F)F. The van der Waals surface area contributed by atoms with Gasteiger partial charge in [0, 0.05) is 4.47 Å². The summed E-state index contributed by atoms with van der Waals surface area (Å²) in [5.41, 5.74) is 0.0553. The number of hydrogen-bond donors (Lipinski definition) is 0. The van der Waals surface area contributed by atoms with Crippen molar-refractivity contribution in [2.45, 2.75) is 13.0 Å². The summed E-state index contributed by atoms with van der Waals surface area (Å²) >= 11 is 6.02. The fourth-order valence-electron chi connectivity index (χ4n) is 1.77. The van der Waals surface area contributed by atoms with E-state index in [0.29, 0.717) is 0 Å². The highest BCUT2D eigenvalue weighted by molar-refractivity contribution is 9.11. The quantitative estimate of drug-likeness (QED) is 0.587. The Hall–Kier alpha value is -1.34. The minimum atomic E-state index is -3.30. The Kier molecular flexibility index (Phi) is 5.63. The van der Waals surface area contributed by atoms with E-state index in [9.17, 15) is 18.0 Å². The van der Waals surface area contributed by atoms with Crippen molar-refractivity contribution in [3.63, 3.8) is 0 Å². The van der Waals surface area contributed by atoms with Crippen molar-refractivity contribution in [2.24, 2.45) is 0 Å². The van der Waals surface area contributed by atoms with Gasteiger partial charge in [-0.15, -0.1) is 0 Å². The molecule has 116 valence electrons. The van der Waals surface area contributed by atoms with Crippen molar-refractivity contribution in [2.75, 3.05) is 0 Å². The number of ketones is 1. The summed E-state index contributed by atoms with van der Waals surface area (Å²) in [6.45, 7) is 0.0420. The van der Waals surface area contributed by atoms with Crippen LogP contribution < -0.4 is 4.74 Å². The molecule has 0 spiro atoms. The van der Waals surface area contributed by atoms with Crippen molar-refractivity contribution in [3.05, 3.63) is 62.3 Å². The van der Waals surface area contributed by atoms with Crippen LogP contribution in [0.4, 0.5) is 13.2 Å². The molecule has 2 rings (SSSR count). The highest BCUT2D eigenvalue weighted by Gasteiger charge is 2.28. The van der Waals surface area contributed by atoms with Gasteiger partial charge in [-0.1, -0.05) is 30.3 Å². The summed E-state index contributed by atoms with van der Waals surface area (Å²) in [7, 11) is 0. The lowest BCUT2D eigenvalue weighted by Gasteiger charge is -2.13. The average molecular weight is 438 g/mol. The van der Waals surface area contributed by atoms with Crippen LogP contribution in [0.2, 0.25) is 0 Å². The molecular formula is C15H9Br2F3O2. The van der Waals surface area contributed by atoms with Gasteiger partial charge in [-0.05, 0) is 43.5 Å². The van der Waals surface area contributed by atoms with Crippen LogP contribution in [0.15, 0.2) is 45.3 Å². The molecule has 0 atom stereocenters. The lowest BCUT2D eigenvalue weighted by Crippen LogP contribution is -2.14. The van der Waals surface area contributed by atoms with E-state index in [1.54, 1.807) is 24.3 Å². The third-order valence-corrected chi connectivity index (χ3v) is 4.01. The molecule has 0 unspecified atom stereocenters. The highest BCUT2D eigenvalue weighted by atomic mass is 79.9. The molecule has 0 aromatic heterocycles. The number of ether oxygens (including phenoxy) is 1. The summed E-state index contributed by atoms with van der Waals surface area (Å²) in [5.74, 6) is -3.00. The van der Waals surface area contributed by atoms with Gasteiger partial charge in [0.1, 0.15) is 6.61 Å². The van der Waals surface area contributed by atoms with E-state index in [2.05, 4.69) is 31.9 Å². The second-order valence-corrected chi connectivity index (χ2v) is 6.01. The van der Waals surface area contributed by atoms with Crippen LogP contribution >= 0.6 is 31.9 Å². The molecule has 2 aromatic rings. The summed E-state index contributed by atoms with van der Waals surface area (Å²) in [5, 5.41) is 0. The molecule has 0 aliphatic rings. The summed E-state index contributed by atoms with van der Waals surface area (Å²) in [4.78, 5) is 11.4. The first-order valence-electron chi connectivity index (χ1n) is 6.08. The molecule has 0 aliphatic heterocycles. The Balaban J connectivity index is 2.35. The highest BCUT2D eigenvalue weighted by Crippen LogP contribution is 2.36. The monoisotopic (exact) mass is 436 g/mol. The molecule has 0 heterocycles. The van der Waals surface area contributed by atoms with Crippen molar-refractivity contribution >= 4 is 37.6 Å². The standard InChI is InChI=1S/C15H9Br2F3O2/c16-9-6-10(17)14(12(18)11(9)13(21)15(19)20)22-7-8-4-2-1-3-5-8/h1-6,15H,7H2. The molecule has 7 heteroatoms. The van der Waals surface area contributed by atoms with E-state index in [-0.39, 0.29) is 21.3 Å². The predicted molar refractivity (Wildman–Crippen MR) is 82.9 cm³/mol. The summed E-state index contributed by atoms with van der Waals surface area (Å²) in [6.07, 6.45) is -3.30. The van der Waals surface area contributed by atoms with E-state index in [1.807, 2.05) is 6.07 Å². The van der Waals surface area contributed by atoms with Gasteiger partial charge >= 0.3 is 6.43 Å². The fraction of sp³-hybridized carbons (Fsp3) is 0.133. The van der Waals surface area contributed by atoms with E-state index >= 15 is 0 Å². The van der Waals surface area contributed by atoms with Crippen molar-refractivity contribution < 1.29 is 22.7 Å². The van der Waals surface area contributed by atoms with Crippen LogP contribution in [0.25, 0.3) is 0 Å². The van der Waals surface area contributed by atoms with E-state index in [4.69, 9.17) is 4.74 Å². The molecule has 0 amide bonds. The third kappa shape index (κ3) is 3.70. The molecule has 0 bridgehead atoms. The molecule has 0 N–H and O–H groups in total. The first-order valence-corrected chi connectivity index (χ1v) is 7.67. The second kappa shape index (κ2) is 7.28. The lowest BCUT2D eigenvalue weighted by molar-refractivity contribution is 0.0672. The van der Waals surface area contributed by atoms with Crippen molar-refractivity contribution in [1.29, 1.82) is 0 Å². The summed E-state index contributed by atoms with van der Waals surface area (Å²) in [6, 6.07) is 10.2. The van der Waals surface area contributed by atoms with Crippen molar-refractivity contribution in [1.82, 2.24) is 0 Å². The molecule has 0 saturated carbocycles. The van der Waals surface area contributed by atoms with Gasteiger partial charge in [0.2, 0.25) is 5.78 Å². The topological polar surface area (TPSA) is 26.3 Å². The van der Waals surface area contributed by atoms with Crippen LogP contribution in [0.3, 0.4) is 0 Å². The maximum Gasteiger partial charge on any atom is 0.300 e. The van der Waals surface area contributed by atoms with Crippen LogP contribution in [0, 0.1) is 5.82 Å². The van der Waals surface area contributed by atoms with Gasteiger partial charge < -0.3 is 4.74 Å². The van der Waals surface area contributed by atoms with Gasteiger partial charge in [0.05, 0.1) is 10.0 Å². The van der Waals surface area contributed by atoms with Gasteiger partial charge in [-0.3, -0.25) is 4.79 Å². The predicted octanol–water partition coefficient (Wildman–Crippen LogP) is 5.38. The number of hydrogen-bond acceptors (Lipinski definition) is 2. The minimum absolute atomic E-state index is 0.0420. The van der Waals surface area contributed by atoms with Gasteiger partial charge in [-0.25, -0.2) is 13.2 Å². The zero-order chi connectivity index (χ0) is 16.3. The minimum Gasteiger partial charge on any atom is -0.485 e. The Labute approximate surface area is 141 Å². The third-order valence-electron chi connectivity index (χ3n) is 2.80. The van der Waals surface area contributed by atoms with Gasteiger partial charge in [0.15, 0.2) is 11.6 Å². The molecule has 0 aliphatic carbocycles. The molecule has 0 radical (unpaired) electrons. The zero-order valence-electron chi connectivity index (χ0n) is 11.0. The first-order chi connectivity index (χ1) is 10.4. The molecule has 2 nitrogen and oxygen atoms in total. The number of Topliss-reactive ketones (excluding diaryl/α,β-unsaturated/α-hetero) is 1. The Bertz CT molecular complexity index is 691. The smallest absolute Gasteiger partial charge is 0.300 e. The first kappa shape index (κ1) is 17.0. The molecular weight excluding hydrogens is 429 g/mol. The van der Waals surface area contributed by atoms with Crippen LogP contribution in [0.5, 0.6) is 5.75 Å². The lowest BCUT2D eigenvalue weighted by atomic mass is 10.1. The van der Waals surface area contributed by atoms with Crippen LogP contribution in [-0.2, 0) is 6.61 Å². The number of carbonyl (C=O) groups is 1. The number of rotatable bonds is 5. The van der Waals surface area contributed by atoms with E-state index < -0.39 is 23.6 Å². The normalized spacial score (nSPS) is 10.8. The van der Waals surface area contributed by atoms with E-state index in [1.165, 1.54) is 6.07 Å². The number of benzene rings is 2. The number of carbonyl (C=O) groups excluding carboxylic acids is 1. The largest absolute Gasteiger partial charge is 0.485 e. The van der Waals surface area contributed by atoms with Gasteiger partial charge in [0.25, 0.3) is 0 Å². The maximum atomic E-state index is 14.4.